The molecule has 0 aliphatic rings. The van der Waals surface area contributed by atoms with Crippen LogP contribution in [0.1, 0.15) is 11.1 Å². The predicted molar refractivity (Wildman–Crippen MR) is 70.1 cm³/mol. The smallest absolute Gasteiger partial charge is 0.127 e. The Hall–Kier alpha value is -1.48. The van der Waals surface area contributed by atoms with Crippen molar-refractivity contribution < 1.29 is 0 Å². The van der Waals surface area contributed by atoms with Crippen LogP contribution in [0.3, 0.4) is 0 Å². The van der Waals surface area contributed by atoms with Gasteiger partial charge >= 0.3 is 0 Å². The summed E-state index contributed by atoms with van der Waals surface area (Å²) in [4.78, 5) is 4.07. The molecule has 2 nitrogen and oxygen atoms in total. The Morgan fingerprint density at radius 3 is 2.56 bits per heavy atom. The largest absolute Gasteiger partial charge is 0.383 e. The summed E-state index contributed by atoms with van der Waals surface area (Å²) >= 11 is 1.85. The zero-order valence-corrected chi connectivity index (χ0v) is 9.78. The number of hydrogen-bond acceptors (Lipinski definition) is 3. The van der Waals surface area contributed by atoms with Crippen molar-refractivity contribution in [2.45, 2.75) is 11.5 Å². The van der Waals surface area contributed by atoms with E-state index in [1.165, 1.54) is 5.56 Å². The Morgan fingerprint density at radius 1 is 1.00 bits per heavy atom. The van der Waals surface area contributed by atoms with Crippen molar-refractivity contribution >= 4 is 17.6 Å². The molecule has 0 aliphatic heterocycles. The first-order valence-electron chi connectivity index (χ1n) is 5.17. The van der Waals surface area contributed by atoms with Gasteiger partial charge in [0.15, 0.2) is 0 Å². The van der Waals surface area contributed by atoms with E-state index < -0.39 is 0 Å². The van der Waals surface area contributed by atoms with E-state index in [0.717, 1.165) is 17.1 Å². The van der Waals surface area contributed by atoms with Crippen molar-refractivity contribution in [1.29, 1.82) is 0 Å². The summed E-state index contributed by atoms with van der Waals surface area (Å²) in [5, 5.41) is 0. The van der Waals surface area contributed by atoms with Crippen LogP contribution < -0.4 is 5.73 Å². The fourth-order valence-electron chi connectivity index (χ4n) is 1.43. The molecule has 0 spiro atoms. The third-order valence-electron chi connectivity index (χ3n) is 2.30. The molecule has 0 fully saturated rings. The zero-order valence-electron chi connectivity index (χ0n) is 8.97. The van der Waals surface area contributed by atoms with E-state index in [0.29, 0.717) is 5.82 Å². The van der Waals surface area contributed by atoms with Gasteiger partial charge in [-0.15, -0.1) is 0 Å². The zero-order chi connectivity index (χ0) is 11.2. The molecule has 2 rings (SSSR count). The first-order valence-corrected chi connectivity index (χ1v) is 6.33. The van der Waals surface area contributed by atoms with Gasteiger partial charge in [-0.25, -0.2) is 4.98 Å². The fourth-order valence-corrected chi connectivity index (χ4v) is 2.42. The van der Waals surface area contributed by atoms with Gasteiger partial charge in [0.2, 0.25) is 0 Å². The second kappa shape index (κ2) is 5.56. The van der Waals surface area contributed by atoms with Crippen molar-refractivity contribution in [3.05, 3.63) is 59.8 Å². The van der Waals surface area contributed by atoms with Crippen LogP contribution in [0.15, 0.2) is 48.7 Å². The molecular weight excluding hydrogens is 216 g/mol. The van der Waals surface area contributed by atoms with Crippen molar-refractivity contribution in [1.82, 2.24) is 4.98 Å². The first kappa shape index (κ1) is 11.0. The molecule has 0 unspecified atom stereocenters. The number of thioether (sulfide) groups is 1. The predicted octanol–water partition coefficient (Wildman–Crippen LogP) is 3.10. The molecule has 0 saturated heterocycles. The normalized spacial score (nSPS) is 10.2. The Bertz CT molecular complexity index is 443. The van der Waals surface area contributed by atoms with Crippen LogP contribution in [0.5, 0.6) is 0 Å². The van der Waals surface area contributed by atoms with Gasteiger partial charge in [-0.1, -0.05) is 36.4 Å². The molecule has 3 heteroatoms. The molecular formula is C13H14N2S. The van der Waals surface area contributed by atoms with Gasteiger partial charge in [-0.3, -0.25) is 0 Å². The monoisotopic (exact) mass is 230 g/mol. The van der Waals surface area contributed by atoms with Crippen LogP contribution in [-0.4, -0.2) is 4.98 Å². The number of nitrogens with two attached hydrogens (primary N) is 1. The number of hydrogen-bond donors (Lipinski definition) is 1. The van der Waals surface area contributed by atoms with Gasteiger partial charge in [0.05, 0.1) is 0 Å². The molecule has 16 heavy (non-hydrogen) atoms. The minimum absolute atomic E-state index is 0.642. The Labute approximate surface area is 99.9 Å². The second-order valence-corrected chi connectivity index (χ2v) is 4.51. The lowest BCUT2D eigenvalue weighted by atomic mass is 10.2. The van der Waals surface area contributed by atoms with Crippen LogP contribution in [0.25, 0.3) is 0 Å². The Balaban J connectivity index is 1.87. The maximum atomic E-state index is 5.78. The van der Waals surface area contributed by atoms with E-state index in [9.17, 15) is 0 Å². The molecule has 0 aliphatic carbocycles. The molecule has 0 amide bonds. The maximum Gasteiger partial charge on any atom is 0.127 e. The summed E-state index contributed by atoms with van der Waals surface area (Å²) < 4.78 is 0. The fraction of sp³-hybridized carbons (Fsp3) is 0.154. The molecule has 0 radical (unpaired) electrons. The number of aromatic nitrogens is 1. The number of pyridine rings is 1. The number of nitrogen functional groups attached to an aromatic ring is 1. The van der Waals surface area contributed by atoms with Gasteiger partial charge < -0.3 is 5.73 Å². The lowest BCUT2D eigenvalue weighted by Crippen LogP contribution is -1.95. The minimum Gasteiger partial charge on any atom is -0.383 e. The second-order valence-electron chi connectivity index (χ2n) is 3.53. The summed E-state index contributed by atoms with van der Waals surface area (Å²) in [6, 6.07) is 14.4. The van der Waals surface area contributed by atoms with E-state index in [1.807, 2.05) is 30.0 Å². The van der Waals surface area contributed by atoms with Gasteiger partial charge in [0.25, 0.3) is 0 Å². The minimum atomic E-state index is 0.642. The lowest BCUT2D eigenvalue weighted by Gasteiger charge is -2.04. The topological polar surface area (TPSA) is 38.9 Å². The highest BCUT2D eigenvalue weighted by Gasteiger charge is 1.99. The highest BCUT2D eigenvalue weighted by atomic mass is 32.2. The standard InChI is InChI=1S/C13H14N2S/c14-13-12(7-4-8-15-13)10-16-9-11-5-2-1-3-6-11/h1-8H,9-10H2,(H2,14,15). The Morgan fingerprint density at radius 2 is 1.81 bits per heavy atom. The molecule has 1 aromatic carbocycles. The maximum absolute atomic E-state index is 5.78. The van der Waals surface area contributed by atoms with E-state index in [-0.39, 0.29) is 0 Å². The van der Waals surface area contributed by atoms with Crippen molar-refractivity contribution in [3.8, 4) is 0 Å². The van der Waals surface area contributed by atoms with Crippen molar-refractivity contribution in [3.63, 3.8) is 0 Å². The third kappa shape index (κ3) is 3.00. The molecule has 1 heterocycles. The summed E-state index contributed by atoms with van der Waals surface area (Å²) in [5.74, 6) is 2.56. The quantitative estimate of drug-likeness (QED) is 0.877. The average Bonchev–Trinajstić information content (AvgIpc) is 2.33. The van der Waals surface area contributed by atoms with Crippen molar-refractivity contribution in [2.24, 2.45) is 0 Å². The molecule has 2 aromatic rings. The van der Waals surface area contributed by atoms with Crippen LogP contribution in [0, 0.1) is 0 Å². The first-order chi connectivity index (χ1) is 7.86. The summed E-state index contributed by atoms with van der Waals surface area (Å²) in [6.07, 6.45) is 1.72. The highest BCUT2D eigenvalue weighted by molar-refractivity contribution is 7.97. The third-order valence-corrected chi connectivity index (χ3v) is 3.35. The van der Waals surface area contributed by atoms with E-state index in [2.05, 4.69) is 29.2 Å². The number of rotatable bonds is 4. The van der Waals surface area contributed by atoms with Crippen LogP contribution in [0.4, 0.5) is 5.82 Å². The molecule has 0 saturated carbocycles. The Kier molecular flexibility index (Phi) is 3.83. The average molecular weight is 230 g/mol. The van der Waals surface area contributed by atoms with Crippen LogP contribution in [-0.2, 0) is 11.5 Å². The van der Waals surface area contributed by atoms with E-state index in [4.69, 9.17) is 5.73 Å². The van der Waals surface area contributed by atoms with Gasteiger partial charge in [0, 0.05) is 23.3 Å². The summed E-state index contributed by atoms with van der Waals surface area (Å²) in [5.41, 5.74) is 8.23. The number of anilines is 1. The van der Waals surface area contributed by atoms with E-state index >= 15 is 0 Å². The highest BCUT2D eigenvalue weighted by Crippen LogP contribution is 2.19. The molecule has 1 aromatic heterocycles. The molecule has 0 atom stereocenters. The number of benzene rings is 1. The van der Waals surface area contributed by atoms with Crippen LogP contribution in [0.2, 0.25) is 0 Å². The molecule has 0 bridgehead atoms. The van der Waals surface area contributed by atoms with Gasteiger partial charge in [-0.2, -0.15) is 11.8 Å². The van der Waals surface area contributed by atoms with Crippen LogP contribution >= 0.6 is 11.8 Å². The summed E-state index contributed by atoms with van der Waals surface area (Å²) in [7, 11) is 0. The number of nitrogens with zero attached hydrogens (tertiary/aromatic N) is 1. The van der Waals surface area contributed by atoms with Gasteiger partial charge in [0.1, 0.15) is 5.82 Å². The van der Waals surface area contributed by atoms with E-state index in [1.54, 1.807) is 6.20 Å². The van der Waals surface area contributed by atoms with Gasteiger partial charge in [-0.05, 0) is 11.6 Å². The molecule has 2 N–H and O–H groups in total. The molecule has 82 valence electrons. The SMILES string of the molecule is Nc1ncccc1CSCc1ccccc1. The lowest BCUT2D eigenvalue weighted by molar-refractivity contribution is 1.26. The van der Waals surface area contributed by atoms with Crippen molar-refractivity contribution in [2.75, 3.05) is 5.73 Å². The summed E-state index contributed by atoms with van der Waals surface area (Å²) in [6.45, 7) is 0.